The van der Waals surface area contributed by atoms with Crippen LogP contribution in [0.25, 0.3) is 11.0 Å². The largest absolute Gasteiger partial charge is 0.331 e. The van der Waals surface area contributed by atoms with Gasteiger partial charge in [-0.3, -0.25) is 4.90 Å². The zero-order valence-electron chi connectivity index (χ0n) is 18.7. The fourth-order valence-electron chi connectivity index (χ4n) is 4.94. The summed E-state index contributed by atoms with van der Waals surface area (Å²) in [4.78, 5) is 9.80. The highest BCUT2D eigenvalue weighted by molar-refractivity contribution is 5.74. The van der Waals surface area contributed by atoms with Crippen LogP contribution in [0, 0.1) is 0 Å². The number of imidazole rings is 1. The molecule has 1 saturated heterocycles. The molecular weight excluding hydrogens is 392 g/mol. The third kappa shape index (κ3) is 4.77. The van der Waals surface area contributed by atoms with Crippen LogP contribution in [0.2, 0.25) is 0 Å². The summed E-state index contributed by atoms with van der Waals surface area (Å²) in [6.07, 6.45) is 4.40. The normalized spacial score (nSPS) is 15.5. The Kier molecular flexibility index (Phi) is 6.61. The molecule has 0 unspecified atom stereocenters. The molecule has 0 aliphatic carbocycles. The molecule has 4 heteroatoms. The molecule has 1 aliphatic rings. The molecule has 1 fully saturated rings. The van der Waals surface area contributed by atoms with Crippen molar-refractivity contribution >= 4 is 11.0 Å². The lowest BCUT2D eigenvalue weighted by Gasteiger charge is -2.39. The third-order valence-corrected chi connectivity index (χ3v) is 6.65. The Morgan fingerprint density at radius 2 is 1.25 bits per heavy atom. The smallest absolute Gasteiger partial charge is 0.0958 e. The second-order valence-electron chi connectivity index (χ2n) is 8.74. The first-order valence-corrected chi connectivity index (χ1v) is 11.8. The Bertz CT molecular complexity index is 1060. The standard InChI is InChI=1S/C28H32N4/c1-3-11-24(12-4-1)28(25-13-5-2-6-14-25)31-21-19-30(20-22-31)17-9-10-18-32-23-29-26-15-7-8-16-27(26)32/h1-8,11-16,23,28H,9-10,17-22H2. The predicted octanol–water partition coefficient (Wildman–Crippen LogP) is 5.22. The zero-order chi connectivity index (χ0) is 21.6. The molecule has 0 bridgehead atoms. The van der Waals surface area contributed by atoms with E-state index in [0.717, 1.165) is 38.2 Å². The Balaban J connectivity index is 1.14. The maximum absolute atomic E-state index is 4.51. The number of hydrogen-bond acceptors (Lipinski definition) is 3. The highest BCUT2D eigenvalue weighted by atomic mass is 15.3. The molecule has 32 heavy (non-hydrogen) atoms. The van der Waals surface area contributed by atoms with Gasteiger partial charge in [-0.05, 0) is 42.6 Å². The van der Waals surface area contributed by atoms with Crippen molar-refractivity contribution in [3.63, 3.8) is 0 Å². The molecule has 3 aromatic carbocycles. The summed E-state index contributed by atoms with van der Waals surface area (Å²) in [6.45, 7) is 6.74. The van der Waals surface area contributed by atoms with E-state index >= 15 is 0 Å². The van der Waals surface area contributed by atoms with E-state index < -0.39 is 0 Å². The molecule has 1 aliphatic heterocycles. The van der Waals surface area contributed by atoms with E-state index in [1.54, 1.807) is 0 Å². The Morgan fingerprint density at radius 1 is 0.656 bits per heavy atom. The average molecular weight is 425 g/mol. The second kappa shape index (κ2) is 10.1. The number of piperazine rings is 1. The van der Waals surface area contributed by atoms with E-state index in [2.05, 4.69) is 104 Å². The molecule has 0 spiro atoms. The fraction of sp³-hybridized carbons (Fsp3) is 0.321. The van der Waals surface area contributed by atoms with Crippen LogP contribution in [-0.2, 0) is 6.54 Å². The first-order chi connectivity index (χ1) is 15.9. The lowest BCUT2D eigenvalue weighted by molar-refractivity contribution is 0.108. The predicted molar refractivity (Wildman–Crippen MR) is 132 cm³/mol. The van der Waals surface area contributed by atoms with Crippen LogP contribution in [0.5, 0.6) is 0 Å². The molecule has 5 rings (SSSR count). The van der Waals surface area contributed by atoms with Crippen molar-refractivity contribution in [3.8, 4) is 0 Å². The van der Waals surface area contributed by atoms with E-state index in [1.165, 1.54) is 36.0 Å². The number of aryl methyl sites for hydroxylation is 1. The number of para-hydroxylation sites is 2. The van der Waals surface area contributed by atoms with Crippen molar-refractivity contribution in [3.05, 3.63) is 102 Å². The maximum Gasteiger partial charge on any atom is 0.0958 e. The molecule has 0 N–H and O–H groups in total. The van der Waals surface area contributed by atoms with E-state index in [4.69, 9.17) is 0 Å². The molecule has 4 aromatic rings. The summed E-state index contributed by atoms with van der Waals surface area (Å²) in [5, 5.41) is 0. The van der Waals surface area contributed by atoms with Crippen LogP contribution in [0.1, 0.15) is 30.0 Å². The molecule has 0 atom stereocenters. The first-order valence-electron chi connectivity index (χ1n) is 11.8. The lowest BCUT2D eigenvalue weighted by Crippen LogP contribution is -2.48. The van der Waals surface area contributed by atoms with E-state index in [9.17, 15) is 0 Å². The number of unbranched alkanes of at least 4 members (excludes halogenated alkanes) is 1. The zero-order valence-corrected chi connectivity index (χ0v) is 18.7. The van der Waals surface area contributed by atoms with Gasteiger partial charge in [0.1, 0.15) is 0 Å². The molecule has 1 aromatic heterocycles. The SMILES string of the molecule is c1ccc(C(c2ccccc2)N2CCN(CCCCn3cnc4ccccc43)CC2)cc1. The summed E-state index contributed by atoms with van der Waals surface area (Å²) in [6, 6.07) is 30.7. The van der Waals surface area contributed by atoms with Gasteiger partial charge in [0.05, 0.1) is 23.4 Å². The van der Waals surface area contributed by atoms with Gasteiger partial charge in [0.25, 0.3) is 0 Å². The first kappa shape index (κ1) is 20.9. The number of hydrogen-bond donors (Lipinski definition) is 0. The third-order valence-electron chi connectivity index (χ3n) is 6.65. The Hall–Kier alpha value is -2.95. The Labute approximate surface area is 191 Å². The minimum absolute atomic E-state index is 0.342. The summed E-state index contributed by atoms with van der Waals surface area (Å²) < 4.78 is 2.29. The highest BCUT2D eigenvalue weighted by Gasteiger charge is 2.26. The number of nitrogens with zero attached hydrogens (tertiary/aromatic N) is 4. The van der Waals surface area contributed by atoms with Gasteiger partial charge in [-0.2, -0.15) is 0 Å². The second-order valence-corrected chi connectivity index (χ2v) is 8.74. The van der Waals surface area contributed by atoms with Crippen LogP contribution in [0.3, 0.4) is 0 Å². The summed E-state index contributed by atoms with van der Waals surface area (Å²) in [5.74, 6) is 0. The number of fused-ring (bicyclic) bond motifs is 1. The van der Waals surface area contributed by atoms with Crippen molar-refractivity contribution in [2.75, 3.05) is 32.7 Å². The van der Waals surface area contributed by atoms with Crippen LogP contribution in [0.4, 0.5) is 0 Å². The number of benzene rings is 3. The van der Waals surface area contributed by atoms with Crippen LogP contribution >= 0.6 is 0 Å². The van der Waals surface area contributed by atoms with Gasteiger partial charge in [0, 0.05) is 32.7 Å². The molecule has 0 radical (unpaired) electrons. The summed E-state index contributed by atoms with van der Waals surface area (Å²) in [7, 11) is 0. The maximum atomic E-state index is 4.51. The molecular formula is C28H32N4. The fourth-order valence-corrected chi connectivity index (χ4v) is 4.94. The summed E-state index contributed by atoms with van der Waals surface area (Å²) >= 11 is 0. The van der Waals surface area contributed by atoms with Crippen molar-refractivity contribution in [1.82, 2.24) is 19.4 Å². The van der Waals surface area contributed by atoms with E-state index in [-0.39, 0.29) is 0 Å². The van der Waals surface area contributed by atoms with Gasteiger partial charge in [-0.25, -0.2) is 4.98 Å². The van der Waals surface area contributed by atoms with Crippen LogP contribution in [0.15, 0.2) is 91.3 Å². The van der Waals surface area contributed by atoms with Crippen LogP contribution in [-0.4, -0.2) is 52.1 Å². The molecule has 2 heterocycles. The van der Waals surface area contributed by atoms with Gasteiger partial charge in [-0.15, -0.1) is 0 Å². The summed E-state index contributed by atoms with van der Waals surface area (Å²) in [5.41, 5.74) is 5.11. The molecule has 4 nitrogen and oxygen atoms in total. The molecule has 0 saturated carbocycles. The Morgan fingerprint density at radius 3 is 1.94 bits per heavy atom. The van der Waals surface area contributed by atoms with Gasteiger partial charge >= 0.3 is 0 Å². The van der Waals surface area contributed by atoms with Gasteiger partial charge in [0.15, 0.2) is 0 Å². The van der Waals surface area contributed by atoms with E-state index in [1.807, 2.05) is 6.33 Å². The van der Waals surface area contributed by atoms with E-state index in [0.29, 0.717) is 6.04 Å². The minimum atomic E-state index is 0.342. The van der Waals surface area contributed by atoms with Gasteiger partial charge in [-0.1, -0.05) is 72.8 Å². The minimum Gasteiger partial charge on any atom is -0.331 e. The molecule has 0 amide bonds. The quantitative estimate of drug-likeness (QED) is 0.362. The monoisotopic (exact) mass is 424 g/mol. The van der Waals surface area contributed by atoms with Crippen LogP contribution < -0.4 is 0 Å². The van der Waals surface area contributed by atoms with Crippen molar-refractivity contribution in [2.45, 2.75) is 25.4 Å². The molecule has 164 valence electrons. The number of aromatic nitrogens is 2. The highest BCUT2D eigenvalue weighted by Crippen LogP contribution is 2.29. The van der Waals surface area contributed by atoms with Gasteiger partial charge in [0.2, 0.25) is 0 Å². The topological polar surface area (TPSA) is 24.3 Å². The van der Waals surface area contributed by atoms with Gasteiger partial charge < -0.3 is 9.47 Å². The average Bonchev–Trinajstić information content (AvgIpc) is 3.27. The van der Waals surface area contributed by atoms with Crippen molar-refractivity contribution < 1.29 is 0 Å². The number of rotatable bonds is 8. The lowest BCUT2D eigenvalue weighted by atomic mass is 9.96. The van der Waals surface area contributed by atoms with Crippen molar-refractivity contribution in [2.24, 2.45) is 0 Å². The van der Waals surface area contributed by atoms with Crippen molar-refractivity contribution in [1.29, 1.82) is 0 Å².